The zero-order chi connectivity index (χ0) is 10.4. The molecule has 0 aliphatic carbocycles. The van der Waals surface area contributed by atoms with E-state index in [2.05, 4.69) is 12.2 Å². The smallest absolute Gasteiger partial charge is 0.323 e. The van der Waals surface area contributed by atoms with Crippen LogP contribution in [0, 0.1) is 5.92 Å². The molecule has 0 fully saturated rings. The van der Waals surface area contributed by atoms with Gasteiger partial charge in [0.15, 0.2) is 0 Å². The fourth-order valence-electron chi connectivity index (χ4n) is 1.18. The Bertz CT molecular complexity index is 162. The van der Waals surface area contributed by atoms with Crippen LogP contribution in [0.25, 0.3) is 0 Å². The van der Waals surface area contributed by atoms with Gasteiger partial charge in [-0.05, 0) is 26.8 Å². The average Bonchev–Trinajstić information content (AvgIpc) is 2.03. The summed E-state index contributed by atoms with van der Waals surface area (Å²) in [6.07, 6.45) is 0.936. The van der Waals surface area contributed by atoms with Gasteiger partial charge in [-0.15, -0.1) is 12.4 Å². The minimum atomic E-state index is -0.174. The molecule has 0 spiro atoms. The van der Waals surface area contributed by atoms with Crippen molar-refractivity contribution in [3.63, 3.8) is 0 Å². The van der Waals surface area contributed by atoms with Gasteiger partial charge in [-0.3, -0.25) is 4.79 Å². The van der Waals surface area contributed by atoms with Crippen LogP contribution in [-0.4, -0.2) is 25.2 Å². The SMILES string of the molecule is CC[C@@H](C)[C@H](NC)C(=O)OC(C)C.Cl. The molecule has 0 radical (unpaired) electrons. The minimum absolute atomic E-state index is 0. The summed E-state index contributed by atoms with van der Waals surface area (Å²) in [6, 6.07) is -0.174. The summed E-state index contributed by atoms with van der Waals surface area (Å²) in [5, 5.41) is 2.98. The highest BCUT2D eigenvalue weighted by Gasteiger charge is 2.23. The molecule has 0 heterocycles. The van der Waals surface area contributed by atoms with Crippen molar-refractivity contribution in [1.82, 2.24) is 5.32 Å². The molecule has 0 amide bonds. The van der Waals surface area contributed by atoms with Crippen molar-refractivity contribution >= 4 is 18.4 Å². The molecule has 0 aromatic carbocycles. The number of likely N-dealkylation sites (N-methyl/N-ethyl adjacent to an activating group) is 1. The number of halogens is 1. The lowest BCUT2D eigenvalue weighted by molar-refractivity contribution is -0.151. The van der Waals surface area contributed by atoms with Gasteiger partial charge in [0.05, 0.1) is 6.10 Å². The molecule has 0 bridgehead atoms. The number of hydrogen-bond donors (Lipinski definition) is 1. The maximum atomic E-state index is 11.5. The monoisotopic (exact) mass is 223 g/mol. The molecule has 3 nitrogen and oxygen atoms in total. The third-order valence-corrected chi connectivity index (χ3v) is 2.13. The second-order valence-corrected chi connectivity index (χ2v) is 3.64. The zero-order valence-electron chi connectivity index (χ0n) is 9.66. The molecule has 0 unspecified atom stereocenters. The number of rotatable bonds is 5. The number of nitrogens with one attached hydrogen (secondary N) is 1. The van der Waals surface area contributed by atoms with Crippen LogP contribution in [-0.2, 0) is 9.53 Å². The van der Waals surface area contributed by atoms with Crippen molar-refractivity contribution in [3.05, 3.63) is 0 Å². The van der Waals surface area contributed by atoms with Gasteiger partial charge < -0.3 is 10.1 Å². The summed E-state index contributed by atoms with van der Waals surface area (Å²) in [5.41, 5.74) is 0. The number of ether oxygens (including phenoxy) is 1. The van der Waals surface area contributed by atoms with Gasteiger partial charge in [-0.25, -0.2) is 0 Å². The molecule has 0 rings (SSSR count). The normalized spacial score (nSPS) is 14.4. The van der Waals surface area contributed by atoms with E-state index >= 15 is 0 Å². The van der Waals surface area contributed by atoms with E-state index in [9.17, 15) is 4.79 Å². The second-order valence-electron chi connectivity index (χ2n) is 3.64. The molecular formula is C10H22ClNO2. The lowest BCUT2D eigenvalue weighted by Crippen LogP contribution is -2.41. The maximum absolute atomic E-state index is 11.5. The summed E-state index contributed by atoms with van der Waals surface area (Å²) < 4.78 is 5.12. The molecule has 1 N–H and O–H groups in total. The Morgan fingerprint density at radius 1 is 1.36 bits per heavy atom. The van der Waals surface area contributed by atoms with Crippen LogP contribution in [0.3, 0.4) is 0 Å². The van der Waals surface area contributed by atoms with Crippen molar-refractivity contribution in [3.8, 4) is 0 Å². The van der Waals surface area contributed by atoms with Gasteiger partial charge in [0, 0.05) is 0 Å². The van der Waals surface area contributed by atoms with E-state index in [1.807, 2.05) is 20.8 Å². The van der Waals surface area contributed by atoms with Crippen LogP contribution in [0.1, 0.15) is 34.1 Å². The van der Waals surface area contributed by atoms with E-state index in [-0.39, 0.29) is 30.5 Å². The fraction of sp³-hybridized carbons (Fsp3) is 0.900. The van der Waals surface area contributed by atoms with Crippen LogP contribution in [0.5, 0.6) is 0 Å². The van der Waals surface area contributed by atoms with Crippen molar-refractivity contribution < 1.29 is 9.53 Å². The van der Waals surface area contributed by atoms with Crippen LogP contribution >= 0.6 is 12.4 Å². The van der Waals surface area contributed by atoms with Gasteiger partial charge in [-0.2, -0.15) is 0 Å². The Hall–Kier alpha value is -0.280. The molecule has 86 valence electrons. The van der Waals surface area contributed by atoms with Crippen LogP contribution < -0.4 is 5.32 Å². The Morgan fingerprint density at radius 2 is 1.86 bits per heavy atom. The average molecular weight is 224 g/mol. The van der Waals surface area contributed by atoms with Crippen LogP contribution in [0.4, 0.5) is 0 Å². The first-order valence-corrected chi connectivity index (χ1v) is 4.90. The second kappa shape index (κ2) is 8.06. The molecule has 0 saturated carbocycles. The lowest BCUT2D eigenvalue weighted by Gasteiger charge is -2.21. The maximum Gasteiger partial charge on any atom is 0.323 e. The molecule has 0 aromatic heterocycles. The summed E-state index contributed by atoms with van der Waals surface area (Å²) in [6.45, 7) is 7.84. The molecule has 2 atom stereocenters. The number of carbonyl (C=O) groups is 1. The van der Waals surface area contributed by atoms with Crippen LogP contribution in [0.15, 0.2) is 0 Å². The first-order chi connectivity index (χ1) is 6.02. The van der Waals surface area contributed by atoms with Crippen molar-refractivity contribution in [2.45, 2.75) is 46.3 Å². The Kier molecular flexibility index (Phi) is 9.31. The molecule has 0 saturated heterocycles. The summed E-state index contributed by atoms with van der Waals surface area (Å²) in [5.74, 6) is 0.170. The van der Waals surface area contributed by atoms with Gasteiger partial charge in [0.1, 0.15) is 6.04 Å². The molecule has 0 aliphatic heterocycles. The Labute approximate surface area is 93.0 Å². The molecule has 14 heavy (non-hydrogen) atoms. The largest absolute Gasteiger partial charge is 0.462 e. The third kappa shape index (κ3) is 5.45. The standard InChI is InChI=1S/C10H21NO2.ClH/c1-6-8(4)9(11-5)10(12)13-7(2)3;/h7-9,11H,6H2,1-5H3;1H/t8-,9+;/m1./s1. The summed E-state index contributed by atoms with van der Waals surface area (Å²) in [7, 11) is 1.79. The molecule has 4 heteroatoms. The quantitative estimate of drug-likeness (QED) is 0.725. The fourth-order valence-corrected chi connectivity index (χ4v) is 1.18. The predicted octanol–water partition coefficient (Wildman–Crippen LogP) is 1.99. The third-order valence-electron chi connectivity index (χ3n) is 2.13. The van der Waals surface area contributed by atoms with Crippen molar-refractivity contribution in [2.24, 2.45) is 5.92 Å². The van der Waals surface area contributed by atoms with E-state index in [0.717, 1.165) is 6.42 Å². The highest BCUT2D eigenvalue weighted by atomic mass is 35.5. The number of carbonyl (C=O) groups excluding carboxylic acids is 1. The van der Waals surface area contributed by atoms with Crippen molar-refractivity contribution in [1.29, 1.82) is 0 Å². The first kappa shape index (κ1) is 16.2. The topological polar surface area (TPSA) is 38.3 Å². The highest BCUT2D eigenvalue weighted by molar-refractivity contribution is 5.85. The molecular weight excluding hydrogens is 202 g/mol. The number of hydrogen-bond acceptors (Lipinski definition) is 3. The molecule has 0 aromatic rings. The van der Waals surface area contributed by atoms with Gasteiger partial charge in [-0.1, -0.05) is 20.3 Å². The zero-order valence-corrected chi connectivity index (χ0v) is 10.5. The van der Waals surface area contributed by atoms with E-state index in [1.165, 1.54) is 0 Å². The Balaban J connectivity index is 0. The predicted molar refractivity (Wildman–Crippen MR) is 60.8 cm³/mol. The van der Waals surface area contributed by atoms with Crippen molar-refractivity contribution in [2.75, 3.05) is 7.05 Å². The van der Waals surface area contributed by atoms with Crippen LogP contribution in [0.2, 0.25) is 0 Å². The van der Waals surface area contributed by atoms with E-state index in [1.54, 1.807) is 7.05 Å². The Morgan fingerprint density at radius 3 is 2.14 bits per heavy atom. The highest BCUT2D eigenvalue weighted by Crippen LogP contribution is 2.09. The summed E-state index contributed by atoms with van der Waals surface area (Å²) >= 11 is 0. The van der Waals surface area contributed by atoms with Gasteiger partial charge in [0.2, 0.25) is 0 Å². The van der Waals surface area contributed by atoms with E-state index in [4.69, 9.17) is 4.74 Å². The minimum Gasteiger partial charge on any atom is -0.462 e. The summed E-state index contributed by atoms with van der Waals surface area (Å²) in [4.78, 5) is 11.5. The molecule has 0 aliphatic rings. The lowest BCUT2D eigenvalue weighted by atomic mass is 9.99. The number of esters is 1. The van der Waals surface area contributed by atoms with Gasteiger partial charge in [0.25, 0.3) is 0 Å². The van der Waals surface area contributed by atoms with Gasteiger partial charge >= 0.3 is 5.97 Å². The van der Waals surface area contributed by atoms with E-state index < -0.39 is 0 Å². The first-order valence-electron chi connectivity index (χ1n) is 4.90. The van der Waals surface area contributed by atoms with E-state index in [0.29, 0.717) is 5.92 Å².